The Kier molecular flexibility index (Phi) is 4.39. The van der Waals surface area contributed by atoms with Crippen LogP contribution in [-0.4, -0.2) is 55.5 Å². The molecule has 5 heteroatoms. The minimum absolute atomic E-state index is 0.304. The van der Waals surface area contributed by atoms with Crippen LogP contribution in [0.1, 0.15) is 51.9 Å². The molecule has 0 aromatic carbocycles. The van der Waals surface area contributed by atoms with Gasteiger partial charge in [-0.1, -0.05) is 6.92 Å². The van der Waals surface area contributed by atoms with Crippen molar-refractivity contribution in [3.63, 3.8) is 0 Å². The van der Waals surface area contributed by atoms with E-state index in [2.05, 4.69) is 17.1 Å². The molecule has 3 heterocycles. The van der Waals surface area contributed by atoms with Gasteiger partial charge in [0.05, 0.1) is 11.5 Å². The van der Waals surface area contributed by atoms with Gasteiger partial charge in [-0.25, -0.2) is 8.42 Å². The van der Waals surface area contributed by atoms with Gasteiger partial charge in [0, 0.05) is 24.2 Å². The monoisotopic (exact) mass is 300 g/mol. The van der Waals surface area contributed by atoms with Gasteiger partial charge >= 0.3 is 0 Å². The van der Waals surface area contributed by atoms with Crippen LogP contribution in [0, 0.1) is 0 Å². The SMILES string of the molecule is CCCNC1CC2CCC(C1)N2C1CCCS(=O)(=O)C1. The average Bonchev–Trinajstić information content (AvgIpc) is 2.66. The van der Waals surface area contributed by atoms with Crippen LogP contribution in [-0.2, 0) is 9.84 Å². The Labute approximate surface area is 123 Å². The first kappa shape index (κ1) is 14.8. The molecule has 4 nitrogen and oxygen atoms in total. The van der Waals surface area contributed by atoms with E-state index in [1.807, 2.05) is 0 Å². The minimum atomic E-state index is -2.79. The summed E-state index contributed by atoms with van der Waals surface area (Å²) >= 11 is 0. The van der Waals surface area contributed by atoms with Crippen LogP contribution < -0.4 is 5.32 Å². The molecule has 3 atom stereocenters. The highest BCUT2D eigenvalue weighted by molar-refractivity contribution is 7.91. The lowest BCUT2D eigenvalue weighted by atomic mass is 9.94. The van der Waals surface area contributed by atoms with Crippen molar-refractivity contribution in [3.8, 4) is 0 Å². The van der Waals surface area contributed by atoms with Crippen LogP contribution in [0.25, 0.3) is 0 Å². The second-order valence-electron chi connectivity index (χ2n) is 6.87. The highest BCUT2D eigenvalue weighted by Gasteiger charge is 2.45. The summed E-state index contributed by atoms with van der Waals surface area (Å²) in [5.74, 6) is 0.820. The van der Waals surface area contributed by atoms with E-state index in [1.54, 1.807) is 0 Å². The topological polar surface area (TPSA) is 49.4 Å². The van der Waals surface area contributed by atoms with E-state index in [1.165, 1.54) is 32.1 Å². The first-order valence-electron chi connectivity index (χ1n) is 8.30. The lowest BCUT2D eigenvalue weighted by molar-refractivity contribution is 0.0729. The third-order valence-electron chi connectivity index (χ3n) is 5.33. The van der Waals surface area contributed by atoms with Gasteiger partial charge < -0.3 is 5.32 Å². The van der Waals surface area contributed by atoms with Crippen molar-refractivity contribution < 1.29 is 8.42 Å². The maximum absolute atomic E-state index is 11.9. The van der Waals surface area contributed by atoms with Crippen LogP contribution in [0.3, 0.4) is 0 Å². The van der Waals surface area contributed by atoms with Gasteiger partial charge in [0.25, 0.3) is 0 Å². The number of hydrogen-bond donors (Lipinski definition) is 1. The summed E-state index contributed by atoms with van der Waals surface area (Å²) in [6.07, 6.45) is 8.10. The normalized spacial score (nSPS) is 40.9. The minimum Gasteiger partial charge on any atom is -0.314 e. The smallest absolute Gasteiger partial charge is 0.151 e. The Hall–Kier alpha value is -0.130. The van der Waals surface area contributed by atoms with Crippen LogP contribution in [0.4, 0.5) is 0 Å². The number of hydrogen-bond acceptors (Lipinski definition) is 4. The Morgan fingerprint density at radius 3 is 2.40 bits per heavy atom. The first-order valence-corrected chi connectivity index (χ1v) is 10.1. The number of piperidine rings is 1. The molecule has 3 fully saturated rings. The van der Waals surface area contributed by atoms with Gasteiger partial charge in [-0.15, -0.1) is 0 Å². The van der Waals surface area contributed by atoms with Crippen LogP contribution in [0.5, 0.6) is 0 Å². The zero-order valence-electron chi connectivity index (χ0n) is 12.6. The molecule has 3 rings (SSSR count). The van der Waals surface area contributed by atoms with E-state index in [-0.39, 0.29) is 0 Å². The molecule has 0 amide bonds. The molecule has 0 aromatic heterocycles. The van der Waals surface area contributed by atoms with Gasteiger partial charge in [0.1, 0.15) is 0 Å². The van der Waals surface area contributed by atoms with Crippen molar-refractivity contribution in [1.29, 1.82) is 0 Å². The van der Waals surface area contributed by atoms with Gasteiger partial charge in [0.2, 0.25) is 0 Å². The average molecular weight is 300 g/mol. The number of fused-ring (bicyclic) bond motifs is 2. The Bertz CT molecular complexity index is 423. The van der Waals surface area contributed by atoms with Gasteiger partial charge in [-0.05, 0) is 51.5 Å². The fourth-order valence-corrected chi connectivity index (χ4v) is 6.26. The number of rotatable bonds is 4. The largest absolute Gasteiger partial charge is 0.314 e. The summed E-state index contributed by atoms with van der Waals surface area (Å²) in [5.41, 5.74) is 0. The van der Waals surface area contributed by atoms with Crippen molar-refractivity contribution in [2.75, 3.05) is 18.1 Å². The van der Waals surface area contributed by atoms with Crippen molar-refractivity contribution >= 4 is 9.84 Å². The molecule has 2 bridgehead atoms. The number of nitrogens with one attached hydrogen (secondary N) is 1. The van der Waals surface area contributed by atoms with Crippen molar-refractivity contribution in [2.45, 2.75) is 76.0 Å². The third-order valence-corrected chi connectivity index (χ3v) is 7.14. The zero-order valence-corrected chi connectivity index (χ0v) is 13.4. The second-order valence-corrected chi connectivity index (χ2v) is 9.09. The molecule has 0 aliphatic carbocycles. The standard InChI is InChI=1S/C15H28N2O2S/c1-2-7-16-12-9-13-5-6-14(10-12)17(13)15-4-3-8-20(18,19)11-15/h12-16H,2-11H2,1H3. The van der Waals surface area contributed by atoms with Gasteiger partial charge in [0.15, 0.2) is 9.84 Å². The van der Waals surface area contributed by atoms with Gasteiger partial charge in [-0.3, -0.25) is 4.90 Å². The number of sulfone groups is 1. The molecule has 3 aliphatic rings. The molecule has 1 N–H and O–H groups in total. The summed E-state index contributed by atoms with van der Waals surface area (Å²) in [7, 11) is -2.79. The molecular formula is C15H28N2O2S. The highest BCUT2D eigenvalue weighted by atomic mass is 32.2. The molecule has 0 saturated carbocycles. The summed E-state index contributed by atoms with van der Waals surface area (Å²) < 4.78 is 23.8. The molecule has 3 unspecified atom stereocenters. The van der Waals surface area contributed by atoms with E-state index in [0.717, 1.165) is 19.4 Å². The predicted molar refractivity (Wildman–Crippen MR) is 81.6 cm³/mol. The van der Waals surface area contributed by atoms with Crippen molar-refractivity contribution in [1.82, 2.24) is 10.2 Å². The first-order chi connectivity index (χ1) is 9.59. The molecular weight excluding hydrogens is 272 g/mol. The van der Waals surface area contributed by atoms with Crippen LogP contribution >= 0.6 is 0 Å². The molecule has 0 aromatic rings. The Morgan fingerprint density at radius 1 is 1.10 bits per heavy atom. The molecule has 0 radical (unpaired) electrons. The van der Waals surface area contributed by atoms with Crippen LogP contribution in [0.15, 0.2) is 0 Å². The maximum Gasteiger partial charge on any atom is 0.151 e. The second kappa shape index (κ2) is 5.93. The van der Waals surface area contributed by atoms with Gasteiger partial charge in [-0.2, -0.15) is 0 Å². The maximum atomic E-state index is 11.9. The highest BCUT2D eigenvalue weighted by Crippen LogP contribution is 2.39. The van der Waals surface area contributed by atoms with E-state index in [9.17, 15) is 8.42 Å². The zero-order chi connectivity index (χ0) is 14.2. The van der Waals surface area contributed by atoms with E-state index < -0.39 is 9.84 Å². The summed E-state index contributed by atoms with van der Waals surface area (Å²) in [5, 5.41) is 3.67. The molecule has 3 aliphatic heterocycles. The van der Waals surface area contributed by atoms with E-state index >= 15 is 0 Å². The third kappa shape index (κ3) is 3.04. The van der Waals surface area contributed by atoms with E-state index in [4.69, 9.17) is 0 Å². The van der Waals surface area contributed by atoms with Crippen molar-refractivity contribution in [2.24, 2.45) is 0 Å². The Balaban J connectivity index is 1.65. The fourth-order valence-electron chi connectivity index (χ4n) is 4.56. The van der Waals surface area contributed by atoms with E-state index in [0.29, 0.717) is 35.7 Å². The quantitative estimate of drug-likeness (QED) is 0.856. The number of nitrogens with zero attached hydrogens (tertiary/aromatic N) is 1. The molecule has 3 saturated heterocycles. The summed E-state index contributed by atoms with van der Waals surface area (Å²) in [4.78, 5) is 2.60. The lowest BCUT2D eigenvalue weighted by Crippen LogP contribution is -2.55. The van der Waals surface area contributed by atoms with Crippen LogP contribution in [0.2, 0.25) is 0 Å². The van der Waals surface area contributed by atoms with Crippen molar-refractivity contribution in [3.05, 3.63) is 0 Å². The predicted octanol–water partition coefficient (Wildman–Crippen LogP) is 1.56. The lowest BCUT2D eigenvalue weighted by Gasteiger charge is -2.45. The Morgan fingerprint density at radius 2 is 1.80 bits per heavy atom. The summed E-state index contributed by atoms with van der Waals surface area (Å²) in [6.45, 7) is 3.32. The fraction of sp³-hybridized carbons (Fsp3) is 1.00. The molecule has 20 heavy (non-hydrogen) atoms. The summed E-state index contributed by atoms with van der Waals surface area (Å²) in [6, 6.07) is 2.21. The molecule has 116 valence electrons. The molecule has 0 spiro atoms.